The van der Waals surface area contributed by atoms with Crippen molar-refractivity contribution < 1.29 is 23.8 Å². The van der Waals surface area contributed by atoms with Crippen LogP contribution < -0.4 is 5.32 Å². The summed E-state index contributed by atoms with van der Waals surface area (Å²) in [5, 5.41) is 4.02. The van der Waals surface area contributed by atoms with Gasteiger partial charge in [-0.3, -0.25) is 4.79 Å². The first-order chi connectivity index (χ1) is 14.1. The highest BCUT2D eigenvalue weighted by molar-refractivity contribution is 6.42. The van der Waals surface area contributed by atoms with Crippen LogP contribution in [-0.2, 0) is 19.0 Å². The van der Waals surface area contributed by atoms with E-state index in [0.29, 0.717) is 36.3 Å². The van der Waals surface area contributed by atoms with Gasteiger partial charge in [0.15, 0.2) is 5.78 Å². The number of amides is 1. The van der Waals surface area contributed by atoms with Gasteiger partial charge in [-0.2, -0.15) is 0 Å². The predicted molar refractivity (Wildman–Crippen MR) is 117 cm³/mol. The summed E-state index contributed by atoms with van der Waals surface area (Å²) >= 11 is 12.3. The Labute approximate surface area is 187 Å². The van der Waals surface area contributed by atoms with Crippen LogP contribution in [0.15, 0.2) is 18.2 Å². The van der Waals surface area contributed by atoms with Gasteiger partial charge in [-0.25, -0.2) is 4.79 Å². The van der Waals surface area contributed by atoms with E-state index in [1.807, 2.05) is 26.8 Å². The zero-order valence-corrected chi connectivity index (χ0v) is 19.4. The molecule has 2 rings (SSSR count). The van der Waals surface area contributed by atoms with Gasteiger partial charge in [-0.15, -0.1) is 0 Å². The second-order valence-electron chi connectivity index (χ2n) is 8.22. The van der Waals surface area contributed by atoms with Gasteiger partial charge >= 0.3 is 6.09 Å². The van der Waals surface area contributed by atoms with Crippen LogP contribution in [0.4, 0.5) is 4.79 Å². The van der Waals surface area contributed by atoms with Crippen molar-refractivity contribution in [2.75, 3.05) is 46.5 Å². The lowest BCUT2D eigenvalue weighted by atomic mass is 9.92. The Morgan fingerprint density at radius 2 is 2.00 bits per heavy atom. The number of hydrogen-bond donors (Lipinski definition) is 1. The van der Waals surface area contributed by atoms with Crippen LogP contribution in [0.2, 0.25) is 10.0 Å². The summed E-state index contributed by atoms with van der Waals surface area (Å²) in [5.41, 5.74) is 0.307. The fraction of sp³-hybridized carbons (Fsp3) is 0.619. The Morgan fingerprint density at radius 1 is 1.27 bits per heavy atom. The summed E-state index contributed by atoms with van der Waals surface area (Å²) in [5.74, 6) is -0.229. The number of benzene rings is 1. The molecule has 1 amide bonds. The van der Waals surface area contributed by atoms with E-state index in [-0.39, 0.29) is 37.0 Å². The van der Waals surface area contributed by atoms with Crippen LogP contribution >= 0.6 is 23.2 Å². The Kier molecular flexibility index (Phi) is 9.37. The van der Waals surface area contributed by atoms with Crippen LogP contribution in [0.5, 0.6) is 0 Å². The zero-order valence-electron chi connectivity index (χ0n) is 17.9. The van der Waals surface area contributed by atoms with Crippen LogP contribution in [0.25, 0.3) is 0 Å². The molecule has 1 N–H and O–H groups in total. The van der Waals surface area contributed by atoms with E-state index < -0.39 is 5.60 Å². The molecular weight excluding hydrogens is 431 g/mol. The molecule has 1 aliphatic rings. The molecule has 1 aromatic carbocycles. The third-order valence-electron chi connectivity index (χ3n) is 4.56. The second-order valence-corrected chi connectivity index (χ2v) is 9.03. The van der Waals surface area contributed by atoms with E-state index in [1.54, 1.807) is 17.0 Å². The summed E-state index contributed by atoms with van der Waals surface area (Å²) < 4.78 is 16.5. The largest absolute Gasteiger partial charge is 0.444 e. The summed E-state index contributed by atoms with van der Waals surface area (Å²) in [6, 6.07) is 5.40. The molecule has 0 unspecified atom stereocenters. The summed E-state index contributed by atoms with van der Waals surface area (Å²) in [7, 11) is 1.48. The summed E-state index contributed by atoms with van der Waals surface area (Å²) in [6.07, 6.45) is -0.662. The van der Waals surface area contributed by atoms with E-state index in [4.69, 9.17) is 37.4 Å². The normalized spacial score (nSPS) is 20.0. The topological polar surface area (TPSA) is 77.1 Å². The van der Waals surface area contributed by atoms with Crippen molar-refractivity contribution in [2.45, 2.75) is 38.4 Å². The monoisotopic (exact) mass is 460 g/mol. The number of ketones is 1. The van der Waals surface area contributed by atoms with Crippen molar-refractivity contribution >= 4 is 35.1 Å². The van der Waals surface area contributed by atoms with E-state index in [9.17, 15) is 9.59 Å². The number of nitrogens with zero attached hydrogens (tertiary/aromatic N) is 1. The standard InChI is InChI=1S/C21H30Cl2N2O5/c1-21(2,3)30-20(27)25-7-8-29-19(11-24-10-15(26)13-28-4)16(12-25)14-5-6-17(22)18(23)9-14/h5-6,9,16,19,24H,7-8,10-13H2,1-4H3/t16-,19+/m0/s1. The van der Waals surface area contributed by atoms with E-state index in [0.717, 1.165) is 5.56 Å². The average Bonchev–Trinajstić information content (AvgIpc) is 2.86. The number of nitrogens with one attached hydrogen (secondary N) is 1. The van der Waals surface area contributed by atoms with Gasteiger partial charge in [-0.1, -0.05) is 29.3 Å². The highest BCUT2D eigenvalue weighted by Crippen LogP contribution is 2.31. The number of hydrogen-bond acceptors (Lipinski definition) is 6. The smallest absolute Gasteiger partial charge is 0.410 e. The molecule has 0 bridgehead atoms. The zero-order chi connectivity index (χ0) is 22.3. The first-order valence-corrected chi connectivity index (χ1v) is 10.6. The lowest BCUT2D eigenvalue weighted by molar-refractivity contribution is -0.121. The molecule has 0 aromatic heterocycles. The Hall–Kier alpha value is -1.38. The fourth-order valence-corrected chi connectivity index (χ4v) is 3.51. The molecule has 1 fully saturated rings. The van der Waals surface area contributed by atoms with E-state index in [2.05, 4.69) is 5.32 Å². The number of carbonyl (C=O) groups is 2. The van der Waals surface area contributed by atoms with Crippen LogP contribution in [0.3, 0.4) is 0 Å². The summed E-state index contributed by atoms with van der Waals surface area (Å²) in [6.45, 7) is 7.33. The maximum Gasteiger partial charge on any atom is 0.410 e. The highest BCUT2D eigenvalue weighted by Gasteiger charge is 2.33. The minimum atomic E-state index is -0.591. The minimum Gasteiger partial charge on any atom is -0.444 e. The van der Waals surface area contributed by atoms with Crippen molar-refractivity contribution in [3.63, 3.8) is 0 Å². The SMILES string of the molecule is COCC(=O)CNC[C@H]1OCCN(C(=O)OC(C)(C)C)C[C@H]1c1ccc(Cl)c(Cl)c1. The van der Waals surface area contributed by atoms with Crippen LogP contribution in [-0.4, -0.2) is 75.0 Å². The first kappa shape index (κ1) is 24.9. The Balaban J connectivity index is 2.19. The first-order valence-electron chi connectivity index (χ1n) is 9.86. The number of Topliss-reactive ketones (excluding diaryl/α,β-unsaturated/α-hetero) is 1. The van der Waals surface area contributed by atoms with Gasteiger partial charge in [-0.05, 0) is 38.5 Å². The third-order valence-corrected chi connectivity index (χ3v) is 5.29. The van der Waals surface area contributed by atoms with Crippen molar-refractivity contribution in [3.8, 4) is 0 Å². The second kappa shape index (κ2) is 11.3. The molecule has 0 aliphatic carbocycles. The molecule has 0 spiro atoms. The molecule has 2 atom stereocenters. The Morgan fingerprint density at radius 3 is 2.63 bits per heavy atom. The van der Waals surface area contributed by atoms with Crippen molar-refractivity contribution in [1.29, 1.82) is 0 Å². The van der Waals surface area contributed by atoms with Crippen molar-refractivity contribution in [2.24, 2.45) is 0 Å². The number of ether oxygens (including phenoxy) is 3. The quantitative estimate of drug-likeness (QED) is 0.670. The van der Waals surface area contributed by atoms with Gasteiger partial charge in [0.1, 0.15) is 12.2 Å². The molecule has 168 valence electrons. The number of methoxy groups -OCH3 is 1. The van der Waals surface area contributed by atoms with Gasteiger partial charge in [0.05, 0.1) is 29.3 Å². The molecule has 30 heavy (non-hydrogen) atoms. The lowest BCUT2D eigenvalue weighted by Crippen LogP contribution is -2.41. The Bertz CT molecular complexity index is 739. The van der Waals surface area contributed by atoms with Crippen LogP contribution in [0, 0.1) is 0 Å². The van der Waals surface area contributed by atoms with Crippen LogP contribution in [0.1, 0.15) is 32.3 Å². The van der Waals surface area contributed by atoms with E-state index >= 15 is 0 Å². The molecule has 0 saturated carbocycles. The summed E-state index contributed by atoms with van der Waals surface area (Å²) in [4.78, 5) is 26.1. The molecule has 1 aliphatic heterocycles. The molecule has 1 aromatic rings. The van der Waals surface area contributed by atoms with Gasteiger partial charge in [0.25, 0.3) is 0 Å². The number of halogens is 2. The van der Waals surface area contributed by atoms with E-state index in [1.165, 1.54) is 7.11 Å². The molecular formula is C21H30Cl2N2O5. The average molecular weight is 461 g/mol. The predicted octanol–water partition coefficient (Wildman–Crippen LogP) is 3.52. The molecule has 9 heteroatoms. The van der Waals surface area contributed by atoms with Gasteiger partial charge < -0.3 is 24.4 Å². The maximum absolute atomic E-state index is 12.7. The van der Waals surface area contributed by atoms with Crippen molar-refractivity contribution in [1.82, 2.24) is 10.2 Å². The molecule has 0 radical (unpaired) electrons. The molecule has 7 nitrogen and oxygen atoms in total. The highest BCUT2D eigenvalue weighted by atomic mass is 35.5. The minimum absolute atomic E-state index is 0.0485. The third kappa shape index (κ3) is 7.71. The van der Waals surface area contributed by atoms with Gasteiger partial charge in [0, 0.05) is 32.7 Å². The number of rotatable bonds is 7. The lowest BCUT2D eigenvalue weighted by Gasteiger charge is -2.30. The van der Waals surface area contributed by atoms with Gasteiger partial charge in [0.2, 0.25) is 0 Å². The molecule has 1 saturated heterocycles. The molecule has 1 heterocycles. The van der Waals surface area contributed by atoms with Crippen molar-refractivity contribution in [3.05, 3.63) is 33.8 Å². The maximum atomic E-state index is 12.7. The fourth-order valence-electron chi connectivity index (χ4n) is 3.20. The number of carbonyl (C=O) groups excluding carboxylic acids is 2.